The van der Waals surface area contributed by atoms with Gasteiger partial charge in [0.05, 0.1) is 18.4 Å². The van der Waals surface area contributed by atoms with Crippen LogP contribution in [0.5, 0.6) is 0 Å². The van der Waals surface area contributed by atoms with Crippen LogP contribution in [0.1, 0.15) is 28.5 Å². The highest BCUT2D eigenvalue weighted by Gasteiger charge is 2.17. The zero-order valence-electron chi connectivity index (χ0n) is 16.5. The zero-order valence-corrected chi connectivity index (χ0v) is 17.3. The maximum absolute atomic E-state index is 12.2. The first-order valence-corrected chi connectivity index (χ1v) is 11.0. The van der Waals surface area contributed by atoms with Crippen LogP contribution >= 0.6 is 0 Å². The Kier molecular flexibility index (Phi) is 6.84. The molecule has 0 bridgehead atoms. The van der Waals surface area contributed by atoms with Crippen LogP contribution < -0.4 is 10.3 Å². The fourth-order valence-electron chi connectivity index (χ4n) is 3.12. The van der Waals surface area contributed by atoms with Crippen LogP contribution in [0.15, 0.2) is 54.6 Å². The Morgan fingerprint density at radius 2 is 1.90 bits per heavy atom. The second-order valence-electron chi connectivity index (χ2n) is 6.59. The van der Waals surface area contributed by atoms with Gasteiger partial charge < -0.3 is 9.30 Å². The highest BCUT2D eigenvalue weighted by atomic mass is 32.2. The smallest absolute Gasteiger partial charge is 0.355 e. The highest BCUT2D eigenvalue weighted by molar-refractivity contribution is 7.88. The summed E-state index contributed by atoms with van der Waals surface area (Å²) < 4.78 is 31.1. The molecular formula is C21H22N4O4S. The van der Waals surface area contributed by atoms with Crippen LogP contribution in [0.2, 0.25) is 0 Å². The summed E-state index contributed by atoms with van der Waals surface area (Å²) in [5, 5.41) is 9.85. The number of nitrogens with one attached hydrogen (secondary N) is 2. The van der Waals surface area contributed by atoms with Gasteiger partial charge in [-0.25, -0.2) is 18.6 Å². The Hall–Kier alpha value is -3.19. The molecule has 0 aliphatic carbocycles. The third-order valence-corrected chi connectivity index (χ3v) is 5.57. The maximum Gasteiger partial charge on any atom is 0.355 e. The molecule has 0 unspecified atom stereocenters. The van der Waals surface area contributed by atoms with Gasteiger partial charge in [-0.2, -0.15) is 10.1 Å². The molecule has 2 N–H and O–H groups in total. The van der Waals surface area contributed by atoms with Crippen LogP contribution in [-0.2, 0) is 33.6 Å². The van der Waals surface area contributed by atoms with Crippen molar-refractivity contribution >= 4 is 26.9 Å². The molecule has 0 aliphatic heterocycles. The number of rotatable bonds is 9. The van der Waals surface area contributed by atoms with Crippen molar-refractivity contribution in [1.29, 1.82) is 5.26 Å². The van der Waals surface area contributed by atoms with Gasteiger partial charge in [0.15, 0.2) is 0 Å². The predicted octanol–water partition coefficient (Wildman–Crippen LogP) is 2.47. The van der Waals surface area contributed by atoms with Gasteiger partial charge in [-0.3, -0.25) is 0 Å². The van der Waals surface area contributed by atoms with Crippen LogP contribution in [0.4, 0.5) is 0 Å². The third-order valence-electron chi connectivity index (χ3n) is 4.40. The highest BCUT2D eigenvalue weighted by Crippen LogP contribution is 2.22. The van der Waals surface area contributed by atoms with Crippen molar-refractivity contribution in [3.8, 4) is 6.07 Å². The maximum atomic E-state index is 12.2. The van der Waals surface area contributed by atoms with E-state index in [9.17, 15) is 13.2 Å². The van der Waals surface area contributed by atoms with Gasteiger partial charge >= 0.3 is 5.97 Å². The fourth-order valence-corrected chi connectivity index (χ4v) is 4.12. The first-order chi connectivity index (χ1) is 14.4. The van der Waals surface area contributed by atoms with Crippen LogP contribution in [0.3, 0.4) is 0 Å². The number of esters is 1. The molecule has 0 radical (unpaired) electrons. The minimum atomic E-state index is -3.54. The molecule has 0 fully saturated rings. The normalized spacial score (nSPS) is 11.3. The number of nitrogens with zero attached hydrogens (tertiary/aromatic N) is 2. The van der Waals surface area contributed by atoms with E-state index in [1.807, 2.05) is 18.2 Å². The number of carbonyl (C=O) groups is 1. The topological polar surface area (TPSA) is 113 Å². The molecule has 8 nitrogen and oxygen atoms in total. The molecule has 3 rings (SSSR count). The molecule has 30 heavy (non-hydrogen) atoms. The van der Waals surface area contributed by atoms with Crippen molar-refractivity contribution in [2.45, 2.75) is 25.8 Å². The van der Waals surface area contributed by atoms with Crippen LogP contribution in [0, 0.1) is 11.3 Å². The molecular weight excluding hydrogens is 404 g/mol. The summed E-state index contributed by atoms with van der Waals surface area (Å²) in [6, 6.07) is 18.1. The summed E-state index contributed by atoms with van der Waals surface area (Å²) in [4.78, 5) is 14.6. The Labute approximate surface area is 175 Å². The van der Waals surface area contributed by atoms with E-state index in [0.717, 1.165) is 16.5 Å². The molecule has 0 saturated heterocycles. The van der Waals surface area contributed by atoms with Crippen LogP contribution in [0.25, 0.3) is 10.9 Å². The van der Waals surface area contributed by atoms with E-state index < -0.39 is 16.0 Å². The van der Waals surface area contributed by atoms with E-state index >= 15 is 0 Å². The van der Waals surface area contributed by atoms with Crippen LogP contribution in [-0.4, -0.2) is 25.6 Å². The lowest BCUT2D eigenvalue weighted by atomic mass is 10.1. The lowest BCUT2D eigenvalue weighted by Crippen LogP contribution is -2.37. The van der Waals surface area contributed by atoms with Crippen molar-refractivity contribution in [1.82, 2.24) is 14.8 Å². The fraction of sp³-hybridized carbons (Fsp3) is 0.238. The van der Waals surface area contributed by atoms with Gasteiger partial charge in [-0.1, -0.05) is 36.4 Å². The molecule has 1 aromatic heterocycles. The van der Waals surface area contributed by atoms with Crippen molar-refractivity contribution in [2.24, 2.45) is 0 Å². The molecule has 3 aromatic rings. The van der Waals surface area contributed by atoms with Crippen molar-refractivity contribution in [3.05, 3.63) is 71.4 Å². The summed E-state index contributed by atoms with van der Waals surface area (Å²) in [6.07, 6.45) is 0. The number of hydrogen-bond donors (Lipinski definition) is 2. The number of hydrazine groups is 1. The SMILES string of the molecule is CCOC(=O)c1cc2cc(CNNS(=O)(=O)Cc3ccccc3)ccc2n1CC#N. The number of benzene rings is 2. The molecule has 0 atom stereocenters. The molecule has 2 aromatic carbocycles. The van der Waals surface area contributed by atoms with Gasteiger partial charge in [0, 0.05) is 17.4 Å². The summed E-state index contributed by atoms with van der Waals surface area (Å²) >= 11 is 0. The molecule has 9 heteroatoms. The van der Waals surface area contributed by atoms with E-state index in [1.54, 1.807) is 47.9 Å². The standard InChI is InChI=1S/C21H22N4O4S/c1-2-29-21(26)20-13-18-12-17(8-9-19(18)25(20)11-10-22)14-23-24-30(27,28)15-16-6-4-3-5-7-16/h3-9,12-13,23-24H,2,11,14-15H2,1H3. The monoisotopic (exact) mass is 426 g/mol. The Morgan fingerprint density at radius 1 is 1.13 bits per heavy atom. The van der Waals surface area contributed by atoms with Gasteiger partial charge in [-0.05, 0) is 36.2 Å². The minimum absolute atomic E-state index is 0.0224. The van der Waals surface area contributed by atoms with E-state index in [-0.39, 0.29) is 25.4 Å². The van der Waals surface area contributed by atoms with Gasteiger partial charge in [0.1, 0.15) is 12.2 Å². The average molecular weight is 426 g/mol. The lowest BCUT2D eigenvalue weighted by molar-refractivity contribution is 0.0515. The summed E-state index contributed by atoms with van der Waals surface area (Å²) in [7, 11) is -3.54. The molecule has 156 valence electrons. The van der Waals surface area contributed by atoms with E-state index in [0.29, 0.717) is 11.3 Å². The minimum Gasteiger partial charge on any atom is -0.461 e. The number of carbonyl (C=O) groups excluding carboxylic acids is 1. The molecule has 0 saturated carbocycles. The van der Waals surface area contributed by atoms with E-state index in [2.05, 4.69) is 16.3 Å². The number of hydrogen-bond acceptors (Lipinski definition) is 6. The summed E-state index contributed by atoms with van der Waals surface area (Å²) in [5.74, 6) is -0.614. The predicted molar refractivity (Wildman–Crippen MR) is 113 cm³/mol. The van der Waals surface area contributed by atoms with Gasteiger partial charge in [0.25, 0.3) is 0 Å². The Balaban J connectivity index is 1.71. The molecule has 1 heterocycles. The quantitative estimate of drug-likeness (QED) is 0.401. The number of sulfonamides is 1. The number of fused-ring (bicyclic) bond motifs is 1. The molecule has 0 spiro atoms. The third kappa shape index (κ3) is 5.24. The summed E-state index contributed by atoms with van der Waals surface area (Å²) in [6.45, 7) is 2.24. The molecule has 0 amide bonds. The Bertz CT molecular complexity index is 1180. The largest absolute Gasteiger partial charge is 0.461 e. The number of ether oxygens (including phenoxy) is 1. The van der Waals surface area contributed by atoms with Gasteiger partial charge in [0.2, 0.25) is 10.0 Å². The van der Waals surface area contributed by atoms with Crippen molar-refractivity contribution < 1.29 is 17.9 Å². The number of nitriles is 1. The van der Waals surface area contributed by atoms with Crippen molar-refractivity contribution in [3.63, 3.8) is 0 Å². The average Bonchev–Trinajstić information content (AvgIpc) is 3.07. The van der Waals surface area contributed by atoms with E-state index in [4.69, 9.17) is 10.00 Å². The second kappa shape index (κ2) is 9.54. The second-order valence-corrected chi connectivity index (χ2v) is 8.31. The summed E-state index contributed by atoms with van der Waals surface area (Å²) in [5.41, 5.74) is 5.27. The number of aromatic nitrogens is 1. The lowest BCUT2D eigenvalue weighted by Gasteiger charge is -2.09. The van der Waals surface area contributed by atoms with E-state index in [1.165, 1.54) is 0 Å². The Morgan fingerprint density at radius 3 is 2.60 bits per heavy atom. The first kappa shape index (κ1) is 21.5. The molecule has 0 aliphatic rings. The zero-order chi connectivity index (χ0) is 21.6. The first-order valence-electron chi connectivity index (χ1n) is 9.36. The van der Waals surface area contributed by atoms with Gasteiger partial charge in [-0.15, -0.1) is 0 Å². The van der Waals surface area contributed by atoms with Crippen molar-refractivity contribution in [2.75, 3.05) is 6.61 Å².